The second-order valence-electron chi connectivity index (χ2n) is 5.34. The lowest BCUT2D eigenvalue weighted by Crippen LogP contribution is -2.28. The summed E-state index contributed by atoms with van der Waals surface area (Å²) < 4.78 is 5.37. The number of ether oxygens (including phenoxy) is 1. The quantitative estimate of drug-likeness (QED) is 0.605. The Kier molecular flexibility index (Phi) is 4.95. The molecule has 3 rings (SSSR count). The van der Waals surface area contributed by atoms with Crippen molar-refractivity contribution in [2.75, 3.05) is 13.2 Å². The molecule has 0 saturated carbocycles. The number of non-ortho nitro benzene ring substituents is 1. The van der Waals surface area contributed by atoms with Crippen LogP contribution in [-0.2, 0) is 4.79 Å². The van der Waals surface area contributed by atoms with Crippen LogP contribution >= 0.6 is 11.6 Å². The molecule has 8 heteroatoms. The summed E-state index contributed by atoms with van der Waals surface area (Å²) in [5, 5.41) is 16.5. The van der Waals surface area contributed by atoms with Crippen LogP contribution in [0.25, 0.3) is 0 Å². The Morgan fingerprint density at radius 3 is 2.72 bits per heavy atom. The molecule has 1 aliphatic heterocycles. The van der Waals surface area contributed by atoms with E-state index in [-0.39, 0.29) is 29.0 Å². The summed E-state index contributed by atoms with van der Waals surface area (Å²) in [5.41, 5.74) is 1.69. The van der Waals surface area contributed by atoms with Gasteiger partial charge < -0.3 is 4.74 Å². The molecule has 0 aromatic heterocycles. The summed E-state index contributed by atoms with van der Waals surface area (Å²) in [4.78, 5) is 22.4. The normalized spacial score (nSPS) is 13.5. The number of hydrazone groups is 1. The lowest BCUT2D eigenvalue weighted by molar-refractivity contribution is -0.384. The van der Waals surface area contributed by atoms with Crippen LogP contribution in [0.15, 0.2) is 53.6 Å². The maximum absolute atomic E-state index is 12.2. The van der Waals surface area contributed by atoms with Gasteiger partial charge in [0.2, 0.25) is 0 Å². The van der Waals surface area contributed by atoms with Gasteiger partial charge >= 0.3 is 0 Å². The molecule has 25 heavy (non-hydrogen) atoms. The number of benzene rings is 2. The molecule has 0 bridgehead atoms. The van der Waals surface area contributed by atoms with Crippen LogP contribution in [-0.4, -0.2) is 34.7 Å². The van der Waals surface area contributed by atoms with Crippen LogP contribution in [0.5, 0.6) is 5.75 Å². The molecule has 0 spiro atoms. The van der Waals surface area contributed by atoms with Gasteiger partial charge in [0.15, 0.2) is 6.61 Å². The molecule has 0 radical (unpaired) electrons. The Labute approximate surface area is 148 Å². The van der Waals surface area contributed by atoms with E-state index in [4.69, 9.17) is 16.3 Å². The van der Waals surface area contributed by atoms with Crippen LogP contribution in [0, 0.1) is 10.1 Å². The third kappa shape index (κ3) is 3.95. The van der Waals surface area contributed by atoms with Gasteiger partial charge in [0.1, 0.15) is 5.75 Å². The fraction of sp³-hybridized carbons (Fsp3) is 0.176. The highest BCUT2D eigenvalue weighted by Crippen LogP contribution is 2.28. The highest BCUT2D eigenvalue weighted by molar-refractivity contribution is 6.32. The fourth-order valence-electron chi connectivity index (χ4n) is 2.40. The number of halogens is 1. The molecule has 128 valence electrons. The molecule has 7 nitrogen and oxygen atoms in total. The minimum Gasteiger partial charge on any atom is -0.482 e. The van der Waals surface area contributed by atoms with Gasteiger partial charge in [0.25, 0.3) is 11.6 Å². The molecular formula is C17H14ClN3O4. The molecule has 1 aliphatic rings. The zero-order valence-electron chi connectivity index (χ0n) is 13.1. The van der Waals surface area contributed by atoms with E-state index < -0.39 is 4.92 Å². The van der Waals surface area contributed by atoms with Crippen LogP contribution in [0.4, 0.5) is 5.69 Å². The van der Waals surface area contributed by atoms with Crippen molar-refractivity contribution in [1.29, 1.82) is 0 Å². The number of hydrogen-bond donors (Lipinski definition) is 0. The third-order valence-corrected chi connectivity index (χ3v) is 3.97. The first-order chi connectivity index (χ1) is 12.0. The molecule has 0 fully saturated rings. The van der Waals surface area contributed by atoms with Crippen LogP contribution < -0.4 is 4.74 Å². The Hall–Kier alpha value is -2.93. The van der Waals surface area contributed by atoms with Crippen molar-refractivity contribution >= 4 is 28.9 Å². The van der Waals surface area contributed by atoms with Crippen LogP contribution in [0.2, 0.25) is 5.02 Å². The molecule has 0 atom stereocenters. The van der Waals surface area contributed by atoms with Gasteiger partial charge in [-0.25, -0.2) is 5.01 Å². The Balaban J connectivity index is 1.62. The molecule has 2 aromatic rings. The monoisotopic (exact) mass is 359 g/mol. The molecule has 1 amide bonds. The number of amides is 1. The highest BCUT2D eigenvalue weighted by Gasteiger charge is 2.22. The van der Waals surface area contributed by atoms with Gasteiger partial charge in [-0.3, -0.25) is 14.9 Å². The van der Waals surface area contributed by atoms with Crippen LogP contribution in [0.3, 0.4) is 0 Å². The van der Waals surface area contributed by atoms with Crippen molar-refractivity contribution in [3.05, 3.63) is 69.2 Å². The maximum Gasteiger partial charge on any atom is 0.280 e. The topological polar surface area (TPSA) is 85.0 Å². The van der Waals surface area contributed by atoms with Gasteiger partial charge in [-0.2, -0.15) is 5.10 Å². The molecule has 0 N–H and O–H groups in total. The lowest BCUT2D eigenvalue weighted by Gasteiger charge is -2.12. The van der Waals surface area contributed by atoms with E-state index >= 15 is 0 Å². The maximum atomic E-state index is 12.2. The second-order valence-corrected chi connectivity index (χ2v) is 5.75. The van der Waals surface area contributed by atoms with Crippen molar-refractivity contribution in [3.8, 4) is 5.75 Å². The Bertz CT molecular complexity index is 839. The smallest absolute Gasteiger partial charge is 0.280 e. The minimum absolute atomic E-state index is 0.0805. The summed E-state index contributed by atoms with van der Waals surface area (Å²) in [6, 6.07) is 13.5. The summed E-state index contributed by atoms with van der Waals surface area (Å²) in [6.45, 7) is 0.240. The fourth-order valence-corrected chi connectivity index (χ4v) is 2.63. The van der Waals surface area contributed by atoms with E-state index in [2.05, 4.69) is 5.10 Å². The van der Waals surface area contributed by atoms with E-state index in [1.807, 2.05) is 30.3 Å². The molecule has 0 aliphatic carbocycles. The van der Waals surface area contributed by atoms with E-state index in [1.54, 1.807) is 0 Å². The standard InChI is InChI=1S/C17H14ClN3O4/c18-14-10-13(21(23)24)6-7-16(14)25-11-17(22)20-9-8-15(19-20)12-4-2-1-3-5-12/h1-7,10H,8-9,11H2. The highest BCUT2D eigenvalue weighted by atomic mass is 35.5. The van der Waals surface area contributed by atoms with Crippen molar-refractivity contribution in [2.24, 2.45) is 5.10 Å². The van der Waals surface area contributed by atoms with Crippen molar-refractivity contribution < 1.29 is 14.5 Å². The lowest BCUT2D eigenvalue weighted by atomic mass is 10.1. The molecule has 1 heterocycles. The van der Waals surface area contributed by atoms with Gasteiger partial charge in [-0.1, -0.05) is 41.9 Å². The molecule has 0 unspecified atom stereocenters. The number of hydrogen-bond acceptors (Lipinski definition) is 5. The van der Waals surface area contributed by atoms with Gasteiger partial charge in [-0.15, -0.1) is 0 Å². The average molecular weight is 360 g/mol. The number of rotatable bonds is 5. The SMILES string of the molecule is O=C(COc1ccc([N+](=O)[O-])cc1Cl)N1CCC(c2ccccc2)=N1. The van der Waals surface area contributed by atoms with Gasteiger partial charge in [-0.05, 0) is 11.6 Å². The van der Waals surface area contributed by atoms with Crippen LogP contribution in [0.1, 0.15) is 12.0 Å². The predicted molar refractivity (Wildman–Crippen MR) is 92.9 cm³/mol. The first-order valence-corrected chi connectivity index (χ1v) is 7.92. The van der Waals surface area contributed by atoms with Gasteiger partial charge in [0, 0.05) is 18.6 Å². The van der Waals surface area contributed by atoms with Crippen molar-refractivity contribution in [2.45, 2.75) is 6.42 Å². The molecule has 2 aromatic carbocycles. The molecule has 0 saturated heterocycles. The Morgan fingerprint density at radius 2 is 2.04 bits per heavy atom. The second kappa shape index (κ2) is 7.31. The largest absolute Gasteiger partial charge is 0.482 e. The Morgan fingerprint density at radius 1 is 1.28 bits per heavy atom. The first kappa shape index (κ1) is 16.9. The minimum atomic E-state index is -0.551. The summed E-state index contributed by atoms with van der Waals surface area (Å²) in [6.07, 6.45) is 0.675. The number of nitrogens with zero attached hydrogens (tertiary/aromatic N) is 3. The summed E-state index contributed by atoms with van der Waals surface area (Å²) in [7, 11) is 0. The van der Waals surface area contributed by atoms with E-state index in [9.17, 15) is 14.9 Å². The number of nitro groups is 1. The van der Waals surface area contributed by atoms with E-state index in [0.29, 0.717) is 13.0 Å². The van der Waals surface area contributed by atoms with Crippen molar-refractivity contribution in [1.82, 2.24) is 5.01 Å². The third-order valence-electron chi connectivity index (χ3n) is 3.67. The van der Waals surface area contributed by atoms with Crippen molar-refractivity contribution in [3.63, 3.8) is 0 Å². The zero-order chi connectivity index (χ0) is 17.8. The molecular weight excluding hydrogens is 346 g/mol. The number of carbonyl (C=O) groups is 1. The summed E-state index contributed by atoms with van der Waals surface area (Å²) >= 11 is 5.94. The average Bonchev–Trinajstić information content (AvgIpc) is 3.11. The zero-order valence-corrected chi connectivity index (χ0v) is 13.8. The first-order valence-electron chi connectivity index (χ1n) is 7.54. The predicted octanol–water partition coefficient (Wildman–Crippen LogP) is 3.26. The van der Waals surface area contributed by atoms with E-state index in [1.165, 1.54) is 23.2 Å². The summed E-state index contributed by atoms with van der Waals surface area (Å²) in [5.74, 6) is -0.0903. The number of carbonyl (C=O) groups excluding carboxylic acids is 1. The number of nitro benzene ring substituents is 1. The van der Waals surface area contributed by atoms with E-state index in [0.717, 1.165) is 11.3 Å². The van der Waals surface area contributed by atoms with Gasteiger partial charge in [0.05, 0.1) is 22.2 Å².